The topological polar surface area (TPSA) is 34.4 Å². The van der Waals surface area contributed by atoms with Crippen LogP contribution in [0.3, 0.4) is 0 Å². The molecule has 2 rings (SSSR count). The number of benzene rings is 1. The maximum absolute atomic E-state index is 5.44. The van der Waals surface area contributed by atoms with Gasteiger partial charge in [-0.15, -0.1) is 0 Å². The van der Waals surface area contributed by atoms with Gasteiger partial charge in [0.15, 0.2) is 0 Å². The Morgan fingerprint density at radius 3 is 2.69 bits per heavy atom. The number of hydrogen-bond donors (Lipinski definition) is 1. The van der Waals surface area contributed by atoms with Crippen LogP contribution in [0.15, 0.2) is 53.1 Å². The van der Waals surface area contributed by atoms with Crippen molar-refractivity contribution in [1.82, 2.24) is 0 Å². The number of furan rings is 1. The summed E-state index contributed by atoms with van der Waals surface area (Å²) in [5, 5.41) is 3.27. The highest BCUT2D eigenvalue weighted by atomic mass is 16.5. The second-order valence-corrected chi connectivity index (χ2v) is 3.42. The molecule has 0 radical (unpaired) electrons. The second-order valence-electron chi connectivity index (χ2n) is 3.42. The fraction of sp³-hybridized carbons (Fsp3) is 0.231. The molecule has 1 heterocycles. The van der Waals surface area contributed by atoms with E-state index in [-0.39, 0.29) is 0 Å². The molecule has 0 fully saturated rings. The van der Waals surface area contributed by atoms with E-state index < -0.39 is 0 Å². The third-order valence-electron chi connectivity index (χ3n) is 2.17. The van der Waals surface area contributed by atoms with Gasteiger partial charge in [-0.2, -0.15) is 0 Å². The lowest BCUT2D eigenvalue weighted by molar-refractivity contribution is 0.115. The average Bonchev–Trinajstić information content (AvgIpc) is 2.83. The van der Waals surface area contributed by atoms with Gasteiger partial charge >= 0.3 is 0 Å². The van der Waals surface area contributed by atoms with E-state index in [4.69, 9.17) is 9.15 Å². The molecule has 0 atom stereocenters. The van der Waals surface area contributed by atoms with Gasteiger partial charge in [0, 0.05) is 12.2 Å². The average molecular weight is 217 g/mol. The van der Waals surface area contributed by atoms with Gasteiger partial charge in [0.05, 0.1) is 12.9 Å². The van der Waals surface area contributed by atoms with Gasteiger partial charge in [-0.25, -0.2) is 0 Å². The van der Waals surface area contributed by atoms with Gasteiger partial charge in [-0.1, -0.05) is 18.2 Å². The summed E-state index contributed by atoms with van der Waals surface area (Å²) in [5.41, 5.74) is 1.11. The van der Waals surface area contributed by atoms with E-state index in [0.717, 1.165) is 18.0 Å². The summed E-state index contributed by atoms with van der Waals surface area (Å²) in [5.74, 6) is 0.861. The molecular formula is C13H15NO2. The maximum atomic E-state index is 5.44. The van der Waals surface area contributed by atoms with Crippen LogP contribution in [0.25, 0.3) is 0 Å². The van der Waals surface area contributed by atoms with Crippen LogP contribution in [0, 0.1) is 0 Å². The first-order chi connectivity index (χ1) is 7.95. The molecule has 3 nitrogen and oxygen atoms in total. The number of rotatable bonds is 6. The minimum Gasteiger partial charge on any atom is -0.467 e. The van der Waals surface area contributed by atoms with Gasteiger partial charge in [0.25, 0.3) is 0 Å². The molecule has 1 N–H and O–H groups in total. The molecule has 0 spiro atoms. The summed E-state index contributed by atoms with van der Waals surface area (Å²) >= 11 is 0. The Labute approximate surface area is 95.0 Å². The third kappa shape index (κ3) is 3.44. The number of hydrogen-bond acceptors (Lipinski definition) is 3. The van der Waals surface area contributed by atoms with Crippen LogP contribution in [0.1, 0.15) is 5.76 Å². The number of anilines is 1. The Bertz CT molecular complexity index is 384. The molecule has 84 valence electrons. The lowest BCUT2D eigenvalue weighted by Crippen LogP contribution is -2.08. The van der Waals surface area contributed by atoms with E-state index in [0.29, 0.717) is 13.2 Å². The van der Waals surface area contributed by atoms with E-state index >= 15 is 0 Å². The molecule has 0 aliphatic heterocycles. The molecule has 16 heavy (non-hydrogen) atoms. The highest BCUT2D eigenvalue weighted by molar-refractivity contribution is 5.42. The van der Waals surface area contributed by atoms with Crippen molar-refractivity contribution in [3.8, 4) is 0 Å². The van der Waals surface area contributed by atoms with Crippen LogP contribution < -0.4 is 5.32 Å². The van der Waals surface area contributed by atoms with Crippen LogP contribution in [-0.2, 0) is 11.3 Å². The van der Waals surface area contributed by atoms with E-state index in [2.05, 4.69) is 5.32 Å². The fourth-order valence-electron chi connectivity index (χ4n) is 1.39. The molecule has 1 aromatic heterocycles. The van der Waals surface area contributed by atoms with E-state index in [1.807, 2.05) is 42.5 Å². The van der Waals surface area contributed by atoms with Crippen molar-refractivity contribution < 1.29 is 9.15 Å². The highest BCUT2D eigenvalue weighted by Gasteiger charge is 1.95. The summed E-state index contributed by atoms with van der Waals surface area (Å²) in [6, 6.07) is 13.8. The Balaban J connectivity index is 1.59. The zero-order chi connectivity index (χ0) is 11.1. The van der Waals surface area contributed by atoms with Crippen LogP contribution in [-0.4, -0.2) is 13.2 Å². The van der Waals surface area contributed by atoms with Gasteiger partial charge in [-0.05, 0) is 24.3 Å². The van der Waals surface area contributed by atoms with Crippen molar-refractivity contribution in [3.63, 3.8) is 0 Å². The Morgan fingerprint density at radius 2 is 1.94 bits per heavy atom. The zero-order valence-electron chi connectivity index (χ0n) is 9.06. The quantitative estimate of drug-likeness (QED) is 0.755. The first kappa shape index (κ1) is 10.8. The Kier molecular flexibility index (Phi) is 4.02. The first-order valence-electron chi connectivity index (χ1n) is 5.34. The maximum Gasteiger partial charge on any atom is 0.129 e. The van der Waals surface area contributed by atoms with E-state index in [1.165, 1.54) is 0 Å². The minimum absolute atomic E-state index is 0.531. The molecule has 0 saturated carbocycles. The normalized spacial score (nSPS) is 10.2. The van der Waals surface area contributed by atoms with Crippen molar-refractivity contribution in [2.24, 2.45) is 0 Å². The molecule has 0 amide bonds. The highest BCUT2D eigenvalue weighted by Crippen LogP contribution is 2.04. The van der Waals surface area contributed by atoms with Crippen molar-refractivity contribution in [2.75, 3.05) is 18.5 Å². The Hall–Kier alpha value is -1.74. The minimum atomic E-state index is 0.531. The number of nitrogens with one attached hydrogen (secondary N) is 1. The van der Waals surface area contributed by atoms with Crippen molar-refractivity contribution in [2.45, 2.75) is 6.61 Å². The van der Waals surface area contributed by atoms with Crippen LogP contribution >= 0.6 is 0 Å². The monoisotopic (exact) mass is 217 g/mol. The van der Waals surface area contributed by atoms with E-state index in [9.17, 15) is 0 Å². The lowest BCUT2D eigenvalue weighted by Gasteiger charge is -2.06. The molecule has 3 heteroatoms. The molecule has 0 aliphatic carbocycles. The van der Waals surface area contributed by atoms with Gasteiger partial charge in [0.1, 0.15) is 12.4 Å². The van der Waals surface area contributed by atoms with Crippen LogP contribution in [0.5, 0.6) is 0 Å². The van der Waals surface area contributed by atoms with Crippen molar-refractivity contribution in [3.05, 3.63) is 54.5 Å². The summed E-state index contributed by atoms with van der Waals surface area (Å²) in [6.07, 6.45) is 1.65. The molecule has 2 aromatic rings. The zero-order valence-corrected chi connectivity index (χ0v) is 9.06. The van der Waals surface area contributed by atoms with Gasteiger partial charge < -0.3 is 14.5 Å². The summed E-state index contributed by atoms with van der Waals surface area (Å²) < 4.78 is 10.6. The van der Waals surface area contributed by atoms with Crippen LogP contribution in [0.4, 0.5) is 5.69 Å². The molecule has 0 unspecified atom stereocenters. The summed E-state index contributed by atoms with van der Waals surface area (Å²) in [6.45, 7) is 1.99. The molecular weight excluding hydrogens is 202 g/mol. The SMILES string of the molecule is c1ccc(NCCOCc2ccco2)cc1. The number of ether oxygens (including phenoxy) is 1. The number of para-hydroxylation sites is 1. The van der Waals surface area contributed by atoms with Crippen LogP contribution in [0.2, 0.25) is 0 Å². The second kappa shape index (κ2) is 5.98. The lowest BCUT2D eigenvalue weighted by atomic mass is 10.3. The van der Waals surface area contributed by atoms with E-state index in [1.54, 1.807) is 6.26 Å². The fourth-order valence-corrected chi connectivity index (χ4v) is 1.39. The predicted octanol–water partition coefficient (Wildman–Crippen LogP) is 2.91. The summed E-state index contributed by atoms with van der Waals surface area (Å²) in [4.78, 5) is 0. The Morgan fingerprint density at radius 1 is 1.06 bits per heavy atom. The third-order valence-corrected chi connectivity index (χ3v) is 2.17. The molecule has 1 aromatic carbocycles. The van der Waals surface area contributed by atoms with Gasteiger partial charge in [0.2, 0.25) is 0 Å². The molecule has 0 saturated heterocycles. The smallest absolute Gasteiger partial charge is 0.129 e. The predicted molar refractivity (Wildman–Crippen MR) is 63.3 cm³/mol. The van der Waals surface area contributed by atoms with Gasteiger partial charge in [-0.3, -0.25) is 0 Å². The largest absolute Gasteiger partial charge is 0.467 e. The summed E-state index contributed by atoms with van der Waals surface area (Å²) in [7, 11) is 0. The molecule has 0 bridgehead atoms. The first-order valence-corrected chi connectivity index (χ1v) is 5.34. The van der Waals surface area contributed by atoms with Crippen molar-refractivity contribution >= 4 is 5.69 Å². The molecule has 0 aliphatic rings. The standard InChI is InChI=1S/C13H15NO2/c1-2-5-12(6-3-1)14-8-10-15-11-13-7-4-9-16-13/h1-7,9,14H,8,10-11H2. The van der Waals surface area contributed by atoms with Crippen molar-refractivity contribution in [1.29, 1.82) is 0 Å².